The maximum Gasteiger partial charge on any atom is 0.246 e. The molecule has 0 N–H and O–H groups in total. The Bertz CT molecular complexity index is 563. The first-order valence-electron chi connectivity index (χ1n) is 8.85. The first kappa shape index (κ1) is 19.0. The van der Waals surface area contributed by atoms with Crippen molar-refractivity contribution in [3.63, 3.8) is 0 Å². The van der Waals surface area contributed by atoms with Crippen LogP contribution in [0.1, 0.15) is 38.2 Å². The quantitative estimate of drug-likeness (QED) is 0.715. The maximum atomic E-state index is 12.8. The van der Waals surface area contributed by atoms with E-state index in [0.717, 1.165) is 37.4 Å². The molecule has 0 atom stereocenters. The Kier molecular flexibility index (Phi) is 7.32. The van der Waals surface area contributed by atoms with Crippen LogP contribution in [0.2, 0.25) is 5.02 Å². The monoisotopic (exact) mass is 348 g/mol. The van der Waals surface area contributed by atoms with Gasteiger partial charge in [-0.2, -0.15) is 0 Å². The Morgan fingerprint density at radius 1 is 1.17 bits per heavy atom. The average molecular weight is 349 g/mol. The number of halogens is 1. The first-order valence-corrected chi connectivity index (χ1v) is 9.23. The summed E-state index contributed by atoms with van der Waals surface area (Å²) in [7, 11) is 4.09. The highest BCUT2D eigenvalue weighted by atomic mass is 35.5. The van der Waals surface area contributed by atoms with Crippen LogP contribution >= 0.6 is 11.6 Å². The number of carbonyl (C=O) groups excluding carboxylic acids is 1. The molecule has 1 aliphatic rings. The van der Waals surface area contributed by atoms with Crippen molar-refractivity contribution >= 4 is 23.6 Å². The summed E-state index contributed by atoms with van der Waals surface area (Å²) in [5.74, 6) is 0.877. The molecular weight excluding hydrogens is 320 g/mol. The van der Waals surface area contributed by atoms with Crippen molar-refractivity contribution in [1.29, 1.82) is 0 Å². The maximum absolute atomic E-state index is 12.8. The van der Waals surface area contributed by atoms with Crippen molar-refractivity contribution < 1.29 is 4.79 Å². The Morgan fingerprint density at radius 2 is 1.83 bits per heavy atom. The van der Waals surface area contributed by atoms with Crippen LogP contribution in [0.25, 0.3) is 6.08 Å². The molecule has 0 aromatic heterocycles. The summed E-state index contributed by atoms with van der Waals surface area (Å²) in [4.78, 5) is 17.0. The Morgan fingerprint density at radius 3 is 2.46 bits per heavy atom. The Hall–Kier alpha value is -1.32. The molecule has 132 valence electrons. The number of nitrogens with zero attached hydrogens (tertiary/aromatic N) is 2. The first-order chi connectivity index (χ1) is 11.5. The molecule has 0 saturated heterocycles. The molecule has 1 aliphatic carbocycles. The molecule has 0 aliphatic heterocycles. The highest BCUT2D eigenvalue weighted by Gasteiger charge is 2.26. The zero-order chi connectivity index (χ0) is 17.5. The van der Waals surface area contributed by atoms with Crippen molar-refractivity contribution in [2.45, 2.75) is 38.6 Å². The Labute approximate surface area is 151 Å². The van der Waals surface area contributed by atoms with Gasteiger partial charge in [-0.05, 0) is 63.4 Å². The minimum Gasteiger partial charge on any atom is -0.335 e. The van der Waals surface area contributed by atoms with Crippen LogP contribution in [-0.2, 0) is 4.79 Å². The third kappa shape index (κ3) is 5.64. The van der Waals surface area contributed by atoms with E-state index < -0.39 is 0 Å². The molecule has 2 rings (SSSR count). The lowest BCUT2D eigenvalue weighted by molar-refractivity contribution is -0.129. The van der Waals surface area contributed by atoms with E-state index in [1.54, 1.807) is 6.08 Å². The molecule has 1 amide bonds. The molecule has 1 saturated carbocycles. The average Bonchev–Trinajstić information content (AvgIpc) is 2.55. The van der Waals surface area contributed by atoms with E-state index in [9.17, 15) is 4.79 Å². The number of benzene rings is 1. The standard InChI is InChI=1S/C20H29ClN2O/c1-16-8-11-18(12-9-16)23(15-14-22(2)3)20(24)13-10-17-6-4-5-7-19(17)21/h4-7,10,13,16,18H,8-9,11-12,14-15H2,1-3H3. The van der Waals surface area contributed by atoms with E-state index in [2.05, 4.69) is 16.7 Å². The number of rotatable bonds is 6. The van der Waals surface area contributed by atoms with Crippen LogP contribution in [0, 0.1) is 5.92 Å². The van der Waals surface area contributed by atoms with Crippen LogP contribution in [0.5, 0.6) is 0 Å². The lowest BCUT2D eigenvalue weighted by atomic mass is 9.86. The van der Waals surface area contributed by atoms with Gasteiger partial charge in [0.15, 0.2) is 0 Å². The summed E-state index contributed by atoms with van der Waals surface area (Å²) < 4.78 is 0. The van der Waals surface area contributed by atoms with Gasteiger partial charge in [-0.15, -0.1) is 0 Å². The topological polar surface area (TPSA) is 23.6 Å². The number of likely N-dealkylation sites (N-methyl/N-ethyl adjacent to an activating group) is 1. The smallest absolute Gasteiger partial charge is 0.246 e. The minimum absolute atomic E-state index is 0.0938. The summed E-state index contributed by atoms with van der Waals surface area (Å²) in [6.45, 7) is 3.97. The molecule has 3 nitrogen and oxygen atoms in total. The van der Waals surface area contributed by atoms with Crippen molar-refractivity contribution in [3.8, 4) is 0 Å². The fourth-order valence-electron chi connectivity index (χ4n) is 3.20. The molecule has 0 bridgehead atoms. The number of carbonyl (C=O) groups is 1. The van der Waals surface area contributed by atoms with Gasteiger partial charge in [0.2, 0.25) is 5.91 Å². The summed E-state index contributed by atoms with van der Waals surface area (Å²) in [5, 5.41) is 0.674. The third-order valence-electron chi connectivity index (χ3n) is 4.81. The van der Waals surface area contributed by atoms with Crippen molar-refractivity contribution in [1.82, 2.24) is 9.80 Å². The van der Waals surface area contributed by atoms with E-state index in [-0.39, 0.29) is 5.91 Å². The molecular formula is C20H29ClN2O. The molecule has 1 aromatic rings. The zero-order valence-electron chi connectivity index (χ0n) is 15.0. The van der Waals surface area contributed by atoms with Crippen molar-refractivity contribution in [2.24, 2.45) is 5.92 Å². The second-order valence-electron chi connectivity index (χ2n) is 7.10. The summed E-state index contributed by atoms with van der Waals surface area (Å²) in [6.07, 6.45) is 8.16. The normalized spacial score (nSPS) is 21.4. The van der Waals surface area contributed by atoms with Crippen molar-refractivity contribution in [2.75, 3.05) is 27.2 Å². The molecule has 0 unspecified atom stereocenters. The third-order valence-corrected chi connectivity index (χ3v) is 5.15. The van der Waals surface area contributed by atoms with E-state index in [4.69, 9.17) is 11.6 Å². The second-order valence-corrected chi connectivity index (χ2v) is 7.51. The Balaban J connectivity index is 2.07. The van der Waals surface area contributed by atoms with Crippen LogP contribution in [0.3, 0.4) is 0 Å². The van der Waals surface area contributed by atoms with E-state index in [1.165, 1.54) is 12.8 Å². The molecule has 0 radical (unpaired) electrons. The van der Waals surface area contributed by atoms with Gasteiger partial charge in [0.1, 0.15) is 0 Å². The summed E-state index contributed by atoms with van der Waals surface area (Å²) in [5.41, 5.74) is 0.886. The van der Waals surface area contributed by atoms with Gasteiger partial charge < -0.3 is 9.80 Å². The molecule has 4 heteroatoms. The number of hydrogen-bond donors (Lipinski definition) is 0. The lowest BCUT2D eigenvalue weighted by Crippen LogP contribution is -2.44. The van der Waals surface area contributed by atoms with Crippen LogP contribution in [-0.4, -0.2) is 48.9 Å². The predicted octanol–water partition coefficient (Wildman–Crippen LogP) is 4.32. The minimum atomic E-state index is 0.0938. The summed E-state index contributed by atoms with van der Waals surface area (Å²) >= 11 is 6.17. The van der Waals surface area contributed by atoms with Gasteiger partial charge in [-0.25, -0.2) is 0 Å². The number of hydrogen-bond acceptors (Lipinski definition) is 2. The van der Waals surface area contributed by atoms with Gasteiger partial charge in [-0.1, -0.05) is 36.7 Å². The SMILES string of the molecule is CC1CCC(N(CCN(C)C)C(=O)C=Cc2ccccc2Cl)CC1. The predicted molar refractivity (Wildman–Crippen MR) is 102 cm³/mol. The largest absolute Gasteiger partial charge is 0.335 e. The van der Waals surface area contributed by atoms with E-state index >= 15 is 0 Å². The van der Waals surface area contributed by atoms with Crippen LogP contribution in [0.15, 0.2) is 30.3 Å². The lowest BCUT2D eigenvalue weighted by Gasteiger charge is -2.36. The molecule has 1 aromatic carbocycles. The second kappa shape index (κ2) is 9.24. The molecule has 0 heterocycles. The van der Waals surface area contributed by atoms with Gasteiger partial charge >= 0.3 is 0 Å². The van der Waals surface area contributed by atoms with Gasteiger partial charge in [0, 0.05) is 30.2 Å². The summed E-state index contributed by atoms with van der Waals surface area (Å²) in [6, 6.07) is 7.97. The highest BCUT2D eigenvalue weighted by Crippen LogP contribution is 2.27. The molecule has 24 heavy (non-hydrogen) atoms. The van der Waals surface area contributed by atoms with E-state index in [0.29, 0.717) is 11.1 Å². The van der Waals surface area contributed by atoms with Gasteiger partial charge in [0.05, 0.1) is 0 Å². The van der Waals surface area contributed by atoms with Gasteiger partial charge in [-0.3, -0.25) is 4.79 Å². The molecule has 0 spiro atoms. The van der Waals surface area contributed by atoms with E-state index in [1.807, 2.05) is 44.4 Å². The van der Waals surface area contributed by atoms with Crippen molar-refractivity contribution in [3.05, 3.63) is 40.9 Å². The highest BCUT2D eigenvalue weighted by molar-refractivity contribution is 6.32. The fourth-order valence-corrected chi connectivity index (χ4v) is 3.40. The van der Waals surface area contributed by atoms with Crippen LogP contribution < -0.4 is 0 Å². The fraction of sp³-hybridized carbons (Fsp3) is 0.550. The molecule has 1 fully saturated rings. The van der Waals surface area contributed by atoms with Gasteiger partial charge in [0.25, 0.3) is 0 Å². The zero-order valence-corrected chi connectivity index (χ0v) is 15.8. The number of amides is 1. The van der Waals surface area contributed by atoms with Crippen LogP contribution in [0.4, 0.5) is 0 Å².